The van der Waals surface area contributed by atoms with Crippen LogP contribution in [0.4, 0.5) is 29.8 Å². The molecule has 3 N–H and O–H groups in total. The lowest BCUT2D eigenvalue weighted by molar-refractivity contribution is -0.274. The zero-order chi connectivity index (χ0) is 19.6. The average molecular weight is 414 g/mol. The van der Waals surface area contributed by atoms with Gasteiger partial charge in [0.2, 0.25) is 5.78 Å². The van der Waals surface area contributed by atoms with E-state index in [1.54, 1.807) is 18.2 Å². The summed E-state index contributed by atoms with van der Waals surface area (Å²) in [7, 11) is 0. The van der Waals surface area contributed by atoms with Gasteiger partial charge in [0.25, 0.3) is 0 Å². The zero-order valence-electron chi connectivity index (χ0n) is 13.4. The third-order valence-electron chi connectivity index (χ3n) is 3.29. The van der Waals surface area contributed by atoms with E-state index in [-0.39, 0.29) is 22.2 Å². The number of thiazole rings is 1. The van der Waals surface area contributed by atoms with Crippen molar-refractivity contribution < 1.29 is 22.7 Å². The van der Waals surface area contributed by atoms with Crippen molar-refractivity contribution in [3.63, 3.8) is 0 Å². The van der Waals surface area contributed by atoms with E-state index >= 15 is 0 Å². The van der Waals surface area contributed by atoms with Gasteiger partial charge in [0.1, 0.15) is 16.4 Å². The van der Waals surface area contributed by atoms with Gasteiger partial charge in [0.05, 0.1) is 0 Å². The summed E-state index contributed by atoms with van der Waals surface area (Å²) in [6, 6.07) is 11.5. The predicted molar refractivity (Wildman–Crippen MR) is 97.8 cm³/mol. The molecule has 5 nitrogen and oxygen atoms in total. The van der Waals surface area contributed by atoms with E-state index in [1.807, 2.05) is 0 Å². The second-order valence-electron chi connectivity index (χ2n) is 5.27. The molecule has 0 aliphatic carbocycles. The highest BCUT2D eigenvalue weighted by molar-refractivity contribution is 7.18. The summed E-state index contributed by atoms with van der Waals surface area (Å²) >= 11 is 6.92. The lowest BCUT2D eigenvalue weighted by atomic mass is 10.1. The summed E-state index contributed by atoms with van der Waals surface area (Å²) in [5.74, 6) is -0.623. The van der Waals surface area contributed by atoms with Crippen LogP contribution >= 0.6 is 22.9 Å². The van der Waals surface area contributed by atoms with E-state index in [4.69, 9.17) is 17.3 Å². The summed E-state index contributed by atoms with van der Waals surface area (Å²) in [6.07, 6.45) is -4.76. The fourth-order valence-corrected chi connectivity index (χ4v) is 3.23. The van der Waals surface area contributed by atoms with Crippen LogP contribution in [0.2, 0.25) is 5.02 Å². The third-order valence-corrected chi connectivity index (χ3v) is 4.51. The third kappa shape index (κ3) is 4.89. The number of halogens is 4. The van der Waals surface area contributed by atoms with Crippen LogP contribution in [0.5, 0.6) is 5.75 Å². The van der Waals surface area contributed by atoms with Crippen LogP contribution in [-0.4, -0.2) is 17.1 Å². The van der Waals surface area contributed by atoms with Crippen molar-refractivity contribution in [1.29, 1.82) is 0 Å². The van der Waals surface area contributed by atoms with Gasteiger partial charge in [-0.3, -0.25) is 4.79 Å². The number of nitrogens with two attached hydrogens (primary N) is 1. The number of alkyl halides is 3. The molecule has 0 amide bonds. The smallest absolute Gasteiger partial charge is 0.406 e. The molecule has 0 fully saturated rings. The topological polar surface area (TPSA) is 77.2 Å². The molecule has 3 aromatic rings. The maximum Gasteiger partial charge on any atom is 0.573 e. The number of nitrogens with one attached hydrogen (secondary N) is 1. The monoisotopic (exact) mass is 413 g/mol. The molecule has 0 saturated carbocycles. The minimum absolute atomic E-state index is 0.0458. The number of hydrogen-bond acceptors (Lipinski definition) is 6. The number of ether oxygens (including phenoxy) is 1. The lowest BCUT2D eigenvalue weighted by Gasteiger charge is -2.09. The van der Waals surface area contributed by atoms with Gasteiger partial charge in [0.15, 0.2) is 5.13 Å². The number of rotatable bonds is 5. The molecule has 0 bridgehead atoms. The maximum atomic E-state index is 12.5. The number of aromatic nitrogens is 1. The van der Waals surface area contributed by atoms with Gasteiger partial charge in [0, 0.05) is 16.3 Å². The molecule has 0 aliphatic rings. The Bertz CT molecular complexity index is 974. The number of hydrogen-bond donors (Lipinski definition) is 2. The van der Waals surface area contributed by atoms with Crippen LogP contribution in [-0.2, 0) is 0 Å². The molecule has 0 radical (unpaired) electrons. The highest BCUT2D eigenvalue weighted by atomic mass is 35.5. The van der Waals surface area contributed by atoms with Crippen LogP contribution in [0.1, 0.15) is 15.2 Å². The van der Waals surface area contributed by atoms with Crippen molar-refractivity contribution in [2.45, 2.75) is 6.36 Å². The number of nitrogens with zero attached hydrogens (tertiary/aromatic N) is 1. The van der Waals surface area contributed by atoms with Crippen molar-refractivity contribution in [2.24, 2.45) is 0 Å². The zero-order valence-corrected chi connectivity index (χ0v) is 15.0. The quantitative estimate of drug-likeness (QED) is 0.558. The van der Waals surface area contributed by atoms with E-state index in [0.29, 0.717) is 21.4 Å². The maximum absolute atomic E-state index is 12.5. The Balaban J connectivity index is 1.76. The van der Waals surface area contributed by atoms with E-state index in [9.17, 15) is 18.0 Å². The van der Waals surface area contributed by atoms with Crippen molar-refractivity contribution in [3.8, 4) is 5.75 Å². The fraction of sp³-hybridized carbons (Fsp3) is 0.0588. The molecule has 0 saturated heterocycles. The summed E-state index contributed by atoms with van der Waals surface area (Å²) in [6.45, 7) is 0. The molecule has 0 atom stereocenters. The summed E-state index contributed by atoms with van der Waals surface area (Å²) in [5.41, 5.74) is 6.66. The molecule has 0 spiro atoms. The first-order chi connectivity index (χ1) is 12.7. The Kier molecular flexibility index (Phi) is 5.24. The first kappa shape index (κ1) is 19.0. The SMILES string of the molecule is Nc1nc(Nc2ccc(OC(F)(F)F)cc2)sc1C(=O)c1cccc(Cl)c1. The Morgan fingerprint density at radius 1 is 1.19 bits per heavy atom. The van der Waals surface area contributed by atoms with Crippen molar-refractivity contribution in [3.05, 3.63) is 64.0 Å². The van der Waals surface area contributed by atoms with Gasteiger partial charge >= 0.3 is 6.36 Å². The molecule has 0 unspecified atom stereocenters. The number of benzene rings is 2. The Labute approximate surface area is 160 Å². The van der Waals surface area contributed by atoms with Crippen molar-refractivity contribution in [1.82, 2.24) is 4.98 Å². The second-order valence-corrected chi connectivity index (χ2v) is 6.71. The molecule has 27 heavy (non-hydrogen) atoms. The van der Waals surface area contributed by atoms with Crippen LogP contribution in [0.15, 0.2) is 48.5 Å². The van der Waals surface area contributed by atoms with Crippen LogP contribution in [0.25, 0.3) is 0 Å². The molecule has 3 rings (SSSR count). The number of anilines is 3. The van der Waals surface area contributed by atoms with Crippen molar-refractivity contribution in [2.75, 3.05) is 11.1 Å². The molecule has 140 valence electrons. The summed E-state index contributed by atoms with van der Waals surface area (Å²) < 4.78 is 40.3. The number of ketones is 1. The van der Waals surface area contributed by atoms with Crippen LogP contribution < -0.4 is 15.8 Å². The van der Waals surface area contributed by atoms with E-state index < -0.39 is 6.36 Å². The normalized spacial score (nSPS) is 11.3. The van der Waals surface area contributed by atoms with Gasteiger partial charge in [-0.15, -0.1) is 13.2 Å². The van der Waals surface area contributed by atoms with Gasteiger partial charge in [-0.05, 0) is 36.4 Å². The lowest BCUT2D eigenvalue weighted by Crippen LogP contribution is -2.16. The highest BCUT2D eigenvalue weighted by Gasteiger charge is 2.31. The number of nitrogen functional groups attached to an aromatic ring is 1. The van der Waals surface area contributed by atoms with Crippen molar-refractivity contribution >= 4 is 45.4 Å². The highest BCUT2D eigenvalue weighted by Crippen LogP contribution is 2.31. The van der Waals surface area contributed by atoms with Gasteiger partial charge in [-0.1, -0.05) is 35.1 Å². The second kappa shape index (κ2) is 7.45. The van der Waals surface area contributed by atoms with E-state index in [1.165, 1.54) is 18.2 Å². The first-order valence-electron chi connectivity index (χ1n) is 7.41. The number of carbonyl (C=O) groups is 1. The van der Waals surface area contributed by atoms with Crippen LogP contribution in [0, 0.1) is 0 Å². The molecule has 2 aromatic carbocycles. The minimum Gasteiger partial charge on any atom is -0.406 e. The Hall–Kier alpha value is -2.78. The molecular formula is C17H11ClF3N3O2S. The van der Waals surface area contributed by atoms with E-state index in [0.717, 1.165) is 23.5 Å². The Morgan fingerprint density at radius 2 is 1.89 bits per heavy atom. The van der Waals surface area contributed by atoms with Crippen LogP contribution in [0.3, 0.4) is 0 Å². The Morgan fingerprint density at radius 3 is 2.52 bits per heavy atom. The van der Waals surface area contributed by atoms with Gasteiger partial charge in [-0.25, -0.2) is 4.98 Å². The molecule has 10 heteroatoms. The van der Waals surface area contributed by atoms with Gasteiger partial charge < -0.3 is 15.8 Å². The molecule has 1 heterocycles. The minimum atomic E-state index is -4.76. The first-order valence-corrected chi connectivity index (χ1v) is 8.60. The number of carbonyl (C=O) groups excluding carboxylic acids is 1. The predicted octanol–water partition coefficient (Wildman–Crippen LogP) is 5.25. The standard InChI is InChI=1S/C17H11ClF3N3O2S/c18-10-3-1-2-9(8-10)13(25)14-15(22)24-16(27-14)23-11-4-6-12(7-5-11)26-17(19,20)21/h1-8H,22H2,(H,23,24). The summed E-state index contributed by atoms with van der Waals surface area (Å²) in [5, 5.41) is 3.63. The fourth-order valence-electron chi connectivity index (χ4n) is 2.17. The molecule has 0 aliphatic heterocycles. The summed E-state index contributed by atoms with van der Waals surface area (Å²) in [4.78, 5) is 16.9. The van der Waals surface area contributed by atoms with Gasteiger partial charge in [-0.2, -0.15) is 0 Å². The molecular weight excluding hydrogens is 403 g/mol. The average Bonchev–Trinajstić information content (AvgIpc) is 2.95. The largest absolute Gasteiger partial charge is 0.573 e. The molecule has 1 aromatic heterocycles. The van der Waals surface area contributed by atoms with E-state index in [2.05, 4.69) is 15.0 Å².